The molecule has 2 amide bonds. The highest BCUT2D eigenvalue weighted by Crippen LogP contribution is 2.11. The summed E-state index contributed by atoms with van der Waals surface area (Å²) in [5.41, 5.74) is 0. The maximum atomic E-state index is 12.1. The number of rotatable bonds is 6. The number of carboxylic acids is 1. The summed E-state index contributed by atoms with van der Waals surface area (Å²) in [6, 6.07) is -0.296. The number of aliphatic carboxylic acids is 1. The van der Waals surface area contributed by atoms with Gasteiger partial charge in [-0.2, -0.15) is 0 Å². The zero-order chi connectivity index (χ0) is 14.3. The third kappa shape index (κ3) is 5.58. The van der Waals surface area contributed by atoms with E-state index in [1.807, 2.05) is 6.92 Å². The van der Waals surface area contributed by atoms with Gasteiger partial charge in [0.05, 0.1) is 6.54 Å². The number of urea groups is 1. The van der Waals surface area contributed by atoms with Crippen LogP contribution in [0.1, 0.15) is 27.2 Å². The predicted molar refractivity (Wildman–Crippen MR) is 70.1 cm³/mol. The van der Waals surface area contributed by atoms with Crippen molar-refractivity contribution in [1.82, 2.24) is 9.80 Å². The molecular weight excluding hydrogens is 232 g/mol. The number of carboxylic acid groups (broad SMARTS) is 1. The van der Waals surface area contributed by atoms with Crippen molar-refractivity contribution in [2.24, 2.45) is 5.92 Å². The Hall–Kier alpha value is -1.70. The Balaban J connectivity index is 4.65. The van der Waals surface area contributed by atoms with Gasteiger partial charge in [0.25, 0.3) is 0 Å². The van der Waals surface area contributed by atoms with Gasteiger partial charge in [0.15, 0.2) is 0 Å². The lowest BCUT2D eigenvalue weighted by molar-refractivity contribution is -0.137. The van der Waals surface area contributed by atoms with Gasteiger partial charge in [0.1, 0.15) is 6.54 Å². The third-order valence-electron chi connectivity index (χ3n) is 2.65. The van der Waals surface area contributed by atoms with E-state index in [1.165, 1.54) is 0 Å². The Morgan fingerprint density at radius 2 is 1.89 bits per heavy atom. The maximum Gasteiger partial charge on any atom is 0.323 e. The van der Waals surface area contributed by atoms with Gasteiger partial charge in [-0.3, -0.25) is 4.79 Å². The molecule has 0 saturated heterocycles. The average molecular weight is 254 g/mol. The summed E-state index contributed by atoms with van der Waals surface area (Å²) in [6.07, 6.45) is 6.00. The molecular formula is C13H22N2O3. The van der Waals surface area contributed by atoms with Gasteiger partial charge in [-0.1, -0.05) is 19.8 Å². The van der Waals surface area contributed by atoms with Crippen LogP contribution in [0.4, 0.5) is 4.79 Å². The van der Waals surface area contributed by atoms with Gasteiger partial charge >= 0.3 is 12.0 Å². The fourth-order valence-electron chi connectivity index (χ4n) is 1.72. The van der Waals surface area contributed by atoms with Crippen molar-refractivity contribution in [3.8, 4) is 12.3 Å². The standard InChI is InChI=1S/C13H22N2O3/c1-6-7-15(9-12(16)17)13(18)14(5)11(4)8-10(2)3/h1,10-11H,7-9H2,2-5H3,(H,16,17). The van der Waals surface area contributed by atoms with Crippen molar-refractivity contribution < 1.29 is 14.7 Å². The van der Waals surface area contributed by atoms with Crippen molar-refractivity contribution in [2.45, 2.75) is 33.2 Å². The van der Waals surface area contributed by atoms with Crippen LogP contribution in [0.25, 0.3) is 0 Å². The fourth-order valence-corrected chi connectivity index (χ4v) is 1.72. The van der Waals surface area contributed by atoms with Crippen LogP contribution >= 0.6 is 0 Å². The van der Waals surface area contributed by atoms with Crippen LogP contribution in [0.15, 0.2) is 0 Å². The molecule has 0 aliphatic carbocycles. The summed E-state index contributed by atoms with van der Waals surface area (Å²) in [6.45, 7) is 5.72. The molecule has 18 heavy (non-hydrogen) atoms. The van der Waals surface area contributed by atoms with Crippen LogP contribution in [0.2, 0.25) is 0 Å². The second-order valence-electron chi connectivity index (χ2n) is 4.83. The van der Waals surface area contributed by atoms with E-state index in [0.717, 1.165) is 11.3 Å². The molecule has 102 valence electrons. The smallest absolute Gasteiger partial charge is 0.323 e. The number of hydrogen-bond donors (Lipinski definition) is 1. The second-order valence-corrected chi connectivity index (χ2v) is 4.83. The van der Waals surface area contributed by atoms with E-state index in [2.05, 4.69) is 19.8 Å². The van der Waals surface area contributed by atoms with E-state index in [9.17, 15) is 9.59 Å². The highest BCUT2D eigenvalue weighted by atomic mass is 16.4. The molecule has 0 aromatic rings. The van der Waals surface area contributed by atoms with Crippen molar-refractivity contribution in [2.75, 3.05) is 20.1 Å². The summed E-state index contributed by atoms with van der Waals surface area (Å²) in [5, 5.41) is 8.74. The molecule has 0 aliphatic heterocycles. The van der Waals surface area contributed by atoms with Crippen LogP contribution in [0, 0.1) is 18.3 Å². The van der Waals surface area contributed by atoms with Crippen molar-refractivity contribution in [3.63, 3.8) is 0 Å². The molecule has 0 spiro atoms. The SMILES string of the molecule is C#CCN(CC(=O)O)C(=O)N(C)C(C)CC(C)C. The van der Waals surface area contributed by atoms with Gasteiger partial charge in [0, 0.05) is 13.1 Å². The summed E-state index contributed by atoms with van der Waals surface area (Å²) in [7, 11) is 1.67. The zero-order valence-electron chi connectivity index (χ0n) is 11.5. The highest BCUT2D eigenvalue weighted by Gasteiger charge is 2.23. The van der Waals surface area contributed by atoms with Gasteiger partial charge in [-0.05, 0) is 19.3 Å². The zero-order valence-corrected chi connectivity index (χ0v) is 11.5. The topological polar surface area (TPSA) is 60.9 Å². The van der Waals surface area contributed by atoms with Crippen LogP contribution in [0.3, 0.4) is 0 Å². The molecule has 5 heteroatoms. The number of nitrogens with zero attached hydrogens (tertiary/aromatic N) is 2. The minimum absolute atomic E-state index is 0.00384. The first kappa shape index (κ1) is 16.3. The second kappa shape index (κ2) is 7.59. The minimum atomic E-state index is -1.07. The van der Waals surface area contributed by atoms with Crippen LogP contribution in [-0.2, 0) is 4.79 Å². The van der Waals surface area contributed by atoms with Crippen molar-refractivity contribution in [3.05, 3.63) is 0 Å². The Bertz CT molecular complexity index is 334. The van der Waals surface area contributed by atoms with E-state index in [-0.39, 0.29) is 25.2 Å². The van der Waals surface area contributed by atoms with Crippen LogP contribution in [0.5, 0.6) is 0 Å². The fraction of sp³-hybridized carbons (Fsp3) is 0.692. The average Bonchev–Trinajstić information content (AvgIpc) is 2.25. The predicted octanol–water partition coefficient (Wildman–Crippen LogP) is 1.49. The Kier molecular flexibility index (Phi) is 6.88. The molecule has 1 atom stereocenters. The molecule has 5 nitrogen and oxygen atoms in total. The number of amides is 2. The largest absolute Gasteiger partial charge is 0.480 e. The molecule has 0 saturated carbocycles. The summed E-state index contributed by atoms with van der Waals surface area (Å²) in [4.78, 5) is 25.5. The number of carbonyl (C=O) groups is 2. The van der Waals surface area contributed by atoms with E-state index in [1.54, 1.807) is 11.9 Å². The van der Waals surface area contributed by atoms with Crippen LogP contribution in [-0.4, -0.2) is 53.1 Å². The summed E-state index contributed by atoms with van der Waals surface area (Å²) >= 11 is 0. The Labute approximate surface area is 109 Å². The van der Waals surface area contributed by atoms with Gasteiger partial charge in [-0.15, -0.1) is 6.42 Å². The normalized spacial score (nSPS) is 11.8. The first-order valence-electron chi connectivity index (χ1n) is 5.96. The van der Waals surface area contributed by atoms with Gasteiger partial charge < -0.3 is 14.9 Å². The highest BCUT2D eigenvalue weighted by molar-refractivity contribution is 5.80. The summed E-state index contributed by atoms with van der Waals surface area (Å²) < 4.78 is 0. The van der Waals surface area contributed by atoms with Crippen LogP contribution < -0.4 is 0 Å². The number of hydrogen-bond acceptors (Lipinski definition) is 2. The van der Waals surface area contributed by atoms with E-state index < -0.39 is 5.97 Å². The first-order valence-corrected chi connectivity index (χ1v) is 5.96. The lowest BCUT2D eigenvalue weighted by Gasteiger charge is -2.31. The molecule has 0 aliphatic rings. The molecule has 0 rings (SSSR count). The monoisotopic (exact) mass is 254 g/mol. The summed E-state index contributed by atoms with van der Waals surface area (Å²) in [5.74, 6) is 1.71. The quantitative estimate of drug-likeness (QED) is 0.731. The molecule has 1 unspecified atom stereocenters. The molecule has 0 aromatic heterocycles. The number of carbonyl (C=O) groups excluding carboxylic acids is 1. The van der Waals surface area contributed by atoms with Crippen molar-refractivity contribution >= 4 is 12.0 Å². The maximum absolute atomic E-state index is 12.1. The first-order chi connectivity index (χ1) is 8.29. The Morgan fingerprint density at radius 3 is 2.28 bits per heavy atom. The van der Waals surface area contributed by atoms with Crippen molar-refractivity contribution in [1.29, 1.82) is 0 Å². The van der Waals surface area contributed by atoms with E-state index in [4.69, 9.17) is 11.5 Å². The van der Waals surface area contributed by atoms with Gasteiger partial charge in [0.2, 0.25) is 0 Å². The molecule has 0 radical (unpaired) electrons. The molecule has 0 fully saturated rings. The minimum Gasteiger partial charge on any atom is -0.480 e. The van der Waals surface area contributed by atoms with E-state index >= 15 is 0 Å². The molecule has 0 aromatic carbocycles. The lowest BCUT2D eigenvalue weighted by Crippen LogP contribution is -2.47. The molecule has 1 N–H and O–H groups in total. The van der Waals surface area contributed by atoms with E-state index in [0.29, 0.717) is 5.92 Å². The number of terminal acetylenes is 1. The Morgan fingerprint density at radius 1 is 1.33 bits per heavy atom. The molecule has 0 heterocycles. The molecule has 0 bridgehead atoms. The third-order valence-corrected chi connectivity index (χ3v) is 2.65. The lowest BCUT2D eigenvalue weighted by atomic mass is 10.0. The van der Waals surface area contributed by atoms with Gasteiger partial charge in [-0.25, -0.2) is 4.79 Å².